The van der Waals surface area contributed by atoms with Crippen molar-refractivity contribution in [3.63, 3.8) is 0 Å². The molecule has 3 aromatic heterocycles. The van der Waals surface area contributed by atoms with Gasteiger partial charge in [0.2, 0.25) is 0 Å². The lowest BCUT2D eigenvalue weighted by Crippen LogP contribution is -2.25. The van der Waals surface area contributed by atoms with Gasteiger partial charge in [-0.25, -0.2) is 9.97 Å². The second-order valence-corrected chi connectivity index (χ2v) is 8.02. The molecule has 3 rings (SSSR count). The average molecular weight is 348 g/mol. The second kappa shape index (κ2) is 6.13. The number of rotatable bonds is 4. The lowest BCUT2D eigenvalue weighted by atomic mass is 10.2. The number of fused-ring (bicyclic) bond motifs is 1. The van der Waals surface area contributed by atoms with Crippen molar-refractivity contribution >= 4 is 33.3 Å². The van der Waals surface area contributed by atoms with E-state index in [1.165, 1.54) is 0 Å². The van der Waals surface area contributed by atoms with Gasteiger partial charge in [0.25, 0.3) is 5.56 Å². The number of aryl methyl sites for hydroxylation is 3. The van der Waals surface area contributed by atoms with Crippen LogP contribution >= 0.6 is 23.1 Å². The third-order valence-electron chi connectivity index (χ3n) is 3.97. The number of thioether (sulfide) groups is 1. The molecule has 0 amide bonds. The summed E-state index contributed by atoms with van der Waals surface area (Å²) in [6.45, 7) is 8.09. The van der Waals surface area contributed by atoms with Gasteiger partial charge in [0.1, 0.15) is 10.7 Å². The Bertz CT molecular complexity index is 920. The van der Waals surface area contributed by atoms with Gasteiger partial charge >= 0.3 is 0 Å². The molecule has 0 aromatic carbocycles. The fourth-order valence-corrected chi connectivity index (χ4v) is 4.71. The number of hydrogen-bond acceptors (Lipinski definition) is 5. The zero-order chi connectivity index (χ0) is 16.7. The molecule has 23 heavy (non-hydrogen) atoms. The Morgan fingerprint density at radius 1 is 1.35 bits per heavy atom. The Balaban J connectivity index is 2.10. The van der Waals surface area contributed by atoms with Crippen molar-refractivity contribution in [1.82, 2.24) is 19.1 Å². The lowest BCUT2D eigenvalue weighted by molar-refractivity contribution is 0.519. The zero-order valence-corrected chi connectivity index (χ0v) is 15.6. The predicted molar refractivity (Wildman–Crippen MR) is 96.5 cm³/mol. The Hall–Kier alpha value is -1.60. The molecule has 0 aliphatic rings. The second-order valence-electron chi connectivity index (χ2n) is 5.87. The molecule has 0 saturated heterocycles. The molecule has 5 nitrogen and oxygen atoms in total. The molecule has 7 heteroatoms. The molecule has 0 radical (unpaired) electrons. The Kier molecular flexibility index (Phi) is 4.33. The summed E-state index contributed by atoms with van der Waals surface area (Å²) < 4.78 is 3.79. The molecule has 0 saturated carbocycles. The van der Waals surface area contributed by atoms with Gasteiger partial charge in [0.05, 0.1) is 11.1 Å². The van der Waals surface area contributed by atoms with E-state index in [4.69, 9.17) is 4.98 Å². The average Bonchev–Trinajstić information content (AvgIpc) is 3.00. The van der Waals surface area contributed by atoms with E-state index < -0.39 is 0 Å². The zero-order valence-electron chi connectivity index (χ0n) is 14.0. The van der Waals surface area contributed by atoms with Crippen LogP contribution in [0.1, 0.15) is 36.2 Å². The molecule has 0 atom stereocenters. The van der Waals surface area contributed by atoms with Crippen LogP contribution in [0.3, 0.4) is 0 Å². The van der Waals surface area contributed by atoms with E-state index >= 15 is 0 Å². The minimum absolute atomic E-state index is 0.0641. The number of imidazole rings is 1. The normalized spacial score (nSPS) is 11.7. The van der Waals surface area contributed by atoms with Gasteiger partial charge in [0, 0.05) is 30.4 Å². The van der Waals surface area contributed by atoms with Crippen molar-refractivity contribution in [2.75, 3.05) is 0 Å². The van der Waals surface area contributed by atoms with Gasteiger partial charge in [-0.3, -0.25) is 9.36 Å². The van der Waals surface area contributed by atoms with Crippen molar-refractivity contribution in [2.45, 2.75) is 44.6 Å². The van der Waals surface area contributed by atoms with E-state index in [1.807, 2.05) is 45.5 Å². The standard InChI is InChI=1S/C16H20N4OS2/c1-9(2)20-15(21)13-10(3)11(4)23-14(13)18-16(20)22-8-12-17-6-7-19(12)5/h6-7,9H,8H2,1-5H3. The van der Waals surface area contributed by atoms with Crippen LogP contribution in [0.2, 0.25) is 0 Å². The molecular formula is C16H20N4OS2. The SMILES string of the molecule is Cc1sc2nc(SCc3nccn3C)n(C(C)C)c(=O)c2c1C. The van der Waals surface area contributed by atoms with Crippen LogP contribution in [0, 0.1) is 13.8 Å². The summed E-state index contributed by atoms with van der Waals surface area (Å²) in [6.07, 6.45) is 3.71. The van der Waals surface area contributed by atoms with Gasteiger partial charge in [-0.15, -0.1) is 11.3 Å². The van der Waals surface area contributed by atoms with Crippen LogP contribution in [0.25, 0.3) is 10.2 Å². The van der Waals surface area contributed by atoms with E-state index in [-0.39, 0.29) is 11.6 Å². The maximum absolute atomic E-state index is 12.9. The summed E-state index contributed by atoms with van der Waals surface area (Å²) in [5.74, 6) is 1.66. The molecular weight excluding hydrogens is 328 g/mol. The Morgan fingerprint density at radius 2 is 2.09 bits per heavy atom. The van der Waals surface area contributed by atoms with E-state index in [0.717, 1.165) is 31.6 Å². The summed E-state index contributed by atoms with van der Waals surface area (Å²) in [4.78, 5) is 24.1. The summed E-state index contributed by atoms with van der Waals surface area (Å²) in [5.41, 5.74) is 1.12. The summed E-state index contributed by atoms with van der Waals surface area (Å²) in [7, 11) is 1.97. The van der Waals surface area contributed by atoms with E-state index in [9.17, 15) is 4.79 Å². The molecule has 0 aliphatic carbocycles. The first-order chi connectivity index (χ1) is 10.9. The summed E-state index contributed by atoms with van der Waals surface area (Å²) in [6, 6.07) is 0.0721. The molecule has 0 spiro atoms. The van der Waals surface area contributed by atoms with Crippen molar-refractivity contribution < 1.29 is 0 Å². The van der Waals surface area contributed by atoms with Crippen molar-refractivity contribution in [3.05, 3.63) is 39.0 Å². The van der Waals surface area contributed by atoms with Gasteiger partial charge in [-0.1, -0.05) is 11.8 Å². The molecule has 0 aliphatic heterocycles. The Labute approximate surface area is 143 Å². The lowest BCUT2D eigenvalue weighted by Gasteiger charge is -2.15. The maximum atomic E-state index is 12.9. The highest BCUT2D eigenvalue weighted by Gasteiger charge is 2.18. The van der Waals surface area contributed by atoms with Gasteiger partial charge < -0.3 is 4.57 Å². The number of hydrogen-bond donors (Lipinski definition) is 0. The van der Waals surface area contributed by atoms with Crippen molar-refractivity contribution in [3.8, 4) is 0 Å². The van der Waals surface area contributed by atoms with Crippen LogP contribution in [0.5, 0.6) is 0 Å². The van der Waals surface area contributed by atoms with Gasteiger partial charge in [0.15, 0.2) is 5.16 Å². The first-order valence-electron chi connectivity index (χ1n) is 7.51. The molecule has 0 unspecified atom stereocenters. The van der Waals surface area contributed by atoms with Gasteiger partial charge in [-0.2, -0.15) is 0 Å². The number of thiophene rings is 1. The highest BCUT2D eigenvalue weighted by molar-refractivity contribution is 7.98. The topological polar surface area (TPSA) is 52.7 Å². The molecule has 3 heterocycles. The first-order valence-corrected chi connectivity index (χ1v) is 9.31. The molecule has 122 valence electrons. The molecule has 0 N–H and O–H groups in total. The largest absolute Gasteiger partial charge is 0.337 e. The molecule has 3 aromatic rings. The summed E-state index contributed by atoms with van der Waals surface area (Å²) in [5, 5.41) is 1.53. The predicted octanol–water partition coefficient (Wildman–Crippen LogP) is 3.68. The quantitative estimate of drug-likeness (QED) is 0.533. The summed E-state index contributed by atoms with van der Waals surface area (Å²) >= 11 is 3.16. The molecule has 0 bridgehead atoms. The van der Waals surface area contributed by atoms with Crippen LogP contribution in [0.15, 0.2) is 22.3 Å². The third-order valence-corrected chi connectivity index (χ3v) is 6.02. The molecule has 0 fully saturated rings. The van der Waals surface area contributed by atoms with Crippen molar-refractivity contribution in [1.29, 1.82) is 0 Å². The fourth-order valence-electron chi connectivity index (χ4n) is 2.51. The van der Waals surface area contributed by atoms with Crippen LogP contribution in [-0.2, 0) is 12.8 Å². The smallest absolute Gasteiger partial charge is 0.263 e. The Morgan fingerprint density at radius 3 is 2.70 bits per heavy atom. The first kappa shape index (κ1) is 16.3. The van der Waals surface area contributed by atoms with E-state index in [2.05, 4.69) is 4.98 Å². The van der Waals surface area contributed by atoms with E-state index in [1.54, 1.807) is 33.9 Å². The maximum Gasteiger partial charge on any atom is 0.263 e. The highest BCUT2D eigenvalue weighted by Crippen LogP contribution is 2.30. The minimum Gasteiger partial charge on any atom is -0.337 e. The van der Waals surface area contributed by atoms with Crippen LogP contribution in [0.4, 0.5) is 0 Å². The third kappa shape index (κ3) is 2.83. The fraction of sp³-hybridized carbons (Fsp3) is 0.438. The van der Waals surface area contributed by atoms with Crippen LogP contribution < -0.4 is 5.56 Å². The van der Waals surface area contributed by atoms with E-state index in [0.29, 0.717) is 5.75 Å². The van der Waals surface area contributed by atoms with Gasteiger partial charge in [-0.05, 0) is 33.3 Å². The monoisotopic (exact) mass is 348 g/mol. The number of aromatic nitrogens is 4. The van der Waals surface area contributed by atoms with Crippen molar-refractivity contribution in [2.24, 2.45) is 7.05 Å². The minimum atomic E-state index is 0.0641. The van der Waals surface area contributed by atoms with Crippen LogP contribution in [-0.4, -0.2) is 19.1 Å². The number of nitrogens with zero attached hydrogens (tertiary/aromatic N) is 4. The highest BCUT2D eigenvalue weighted by atomic mass is 32.2.